The number of carbonyl (C=O) groups excluding carboxylic acids is 3. The molecule has 1 fully saturated rings. The third kappa shape index (κ3) is 5.80. The monoisotopic (exact) mass is 525 g/mol. The molecule has 2 heterocycles. The molecule has 192 valence electrons. The maximum absolute atomic E-state index is 13.1. The second-order valence-corrected chi connectivity index (χ2v) is 9.24. The van der Waals surface area contributed by atoms with Crippen molar-refractivity contribution in [3.8, 4) is 5.75 Å². The lowest BCUT2D eigenvalue weighted by molar-refractivity contribution is -0.384. The molecular formula is C25H23N3O8S. The van der Waals surface area contributed by atoms with Crippen LogP contribution in [0.5, 0.6) is 5.75 Å². The van der Waals surface area contributed by atoms with Gasteiger partial charge in [-0.25, -0.2) is 4.79 Å². The number of hydrogen-bond donors (Lipinski definition) is 0. The maximum Gasteiger partial charge on any atom is 0.355 e. The van der Waals surface area contributed by atoms with Crippen LogP contribution in [0.3, 0.4) is 0 Å². The van der Waals surface area contributed by atoms with Crippen LogP contribution in [0.15, 0.2) is 64.8 Å². The topological polar surface area (TPSA) is 138 Å². The van der Waals surface area contributed by atoms with Crippen molar-refractivity contribution in [1.29, 1.82) is 0 Å². The number of ether oxygens (including phenoxy) is 3. The smallest absolute Gasteiger partial charge is 0.355 e. The van der Waals surface area contributed by atoms with Gasteiger partial charge in [0.25, 0.3) is 11.6 Å². The van der Waals surface area contributed by atoms with Crippen molar-refractivity contribution >= 4 is 41.5 Å². The van der Waals surface area contributed by atoms with Gasteiger partial charge in [0.15, 0.2) is 6.04 Å². The zero-order valence-corrected chi connectivity index (χ0v) is 20.8. The number of nitrogens with zero attached hydrogens (tertiary/aromatic N) is 3. The number of nitro groups is 1. The molecule has 2 atom stereocenters. The van der Waals surface area contributed by atoms with E-state index in [-0.39, 0.29) is 24.6 Å². The third-order valence-electron chi connectivity index (χ3n) is 5.68. The summed E-state index contributed by atoms with van der Waals surface area (Å²) in [6, 6.07) is 12.1. The number of aliphatic imine (C=N–C) groups is 1. The van der Waals surface area contributed by atoms with E-state index in [4.69, 9.17) is 14.2 Å². The minimum Gasteiger partial charge on any atom is -0.497 e. The van der Waals surface area contributed by atoms with Crippen LogP contribution in [0.1, 0.15) is 18.1 Å². The predicted molar refractivity (Wildman–Crippen MR) is 134 cm³/mol. The van der Waals surface area contributed by atoms with E-state index in [0.29, 0.717) is 22.6 Å². The molecule has 0 bridgehead atoms. The number of esters is 2. The standard InChI is InChI=1S/C25H23N3O8S/c1-15(29)35-13-18-14-37-24-21(26-11-16-3-7-19(8-4-16)28(32)33)23(30)27(24)22(18)25(31)36-12-17-5-9-20(34-2)10-6-17/h3-11,21,24H,12-14H2,1-2H3/t21-,24-/m0/s1. The van der Waals surface area contributed by atoms with Gasteiger partial charge in [-0.3, -0.25) is 29.6 Å². The molecular weight excluding hydrogens is 502 g/mol. The molecule has 0 radical (unpaired) electrons. The SMILES string of the molecule is COc1ccc(COC(=O)C2=C(COC(C)=O)CS[C@H]3[C@@H](N=Cc4ccc([N+](=O)[O-])cc4)C(=O)N23)cc1. The van der Waals surface area contributed by atoms with Crippen LogP contribution < -0.4 is 4.74 Å². The first-order valence-corrected chi connectivity index (χ1v) is 12.2. The Labute approximate surface area is 216 Å². The van der Waals surface area contributed by atoms with Crippen LogP contribution in [0, 0.1) is 10.1 Å². The normalized spacial score (nSPS) is 18.8. The Morgan fingerprint density at radius 2 is 1.84 bits per heavy atom. The number of non-ortho nitro benzene ring substituents is 1. The maximum atomic E-state index is 13.1. The summed E-state index contributed by atoms with van der Waals surface area (Å²) in [7, 11) is 1.55. The Balaban J connectivity index is 1.49. The van der Waals surface area contributed by atoms with Crippen molar-refractivity contribution in [1.82, 2.24) is 4.90 Å². The van der Waals surface area contributed by atoms with Crippen LogP contribution in [0.25, 0.3) is 0 Å². The number of rotatable bonds is 9. The lowest BCUT2D eigenvalue weighted by Gasteiger charge is -2.48. The summed E-state index contributed by atoms with van der Waals surface area (Å²) in [5.74, 6) is -0.592. The van der Waals surface area contributed by atoms with E-state index in [1.54, 1.807) is 31.4 Å². The molecule has 0 unspecified atom stereocenters. The van der Waals surface area contributed by atoms with Crippen molar-refractivity contribution < 1.29 is 33.5 Å². The first-order valence-electron chi connectivity index (χ1n) is 11.2. The molecule has 4 rings (SSSR count). The summed E-state index contributed by atoms with van der Waals surface area (Å²) in [4.78, 5) is 53.6. The fraction of sp³-hybridized carbons (Fsp3) is 0.280. The van der Waals surface area contributed by atoms with Gasteiger partial charge in [-0.05, 0) is 35.4 Å². The number of benzene rings is 2. The number of amides is 1. The highest BCUT2D eigenvalue weighted by molar-refractivity contribution is 8.00. The van der Waals surface area contributed by atoms with Gasteiger partial charge in [-0.2, -0.15) is 0 Å². The number of β-lactam (4-membered cyclic amide) rings is 1. The van der Waals surface area contributed by atoms with Crippen LogP contribution in [0.2, 0.25) is 0 Å². The summed E-state index contributed by atoms with van der Waals surface area (Å²) < 4.78 is 15.7. The molecule has 0 N–H and O–H groups in total. The number of carbonyl (C=O) groups is 3. The fourth-order valence-corrected chi connectivity index (χ4v) is 5.06. The number of nitro benzene ring substituents is 1. The summed E-state index contributed by atoms with van der Waals surface area (Å²) in [6.07, 6.45) is 1.48. The first kappa shape index (κ1) is 25.9. The second-order valence-electron chi connectivity index (χ2n) is 8.14. The number of thioether (sulfide) groups is 1. The number of fused-ring (bicyclic) bond motifs is 1. The minimum atomic E-state index is -0.736. The van der Waals surface area contributed by atoms with Gasteiger partial charge >= 0.3 is 11.9 Å². The van der Waals surface area contributed by atoms with E-state index >= 15 is 0 Å². The van der Waals surface area contributed by atoms with Gasteiger partial charge in [0.05, 0.1) is 12.0 Å². The highest BCUT2D eigenvalue weighted by atomic mass is 32.2. The average molecular weight is 526 g/mol. The number of methoxy groups -OCH3 is 1. The molecule has 1 saturated heterocycles. The predicted octanol–water partition coefficient (Wildman–Crippen LogP) is 2.87. The van der Waals surface area contributed by atoms with Crippen LogP contribution in [-0.4, -0.2) is 64.8 Å². The van der Waals surface area contributed by atoms with Crippen molar-refractivity contribution in [2.75, 3.05) is 19.5 Å². The molecule has 2 aromatic rings. The molecule has 2 aromatic carbocycles. The summed E-state index contributed by atoms with van der Waals surface area (Å²) in [5, 5.41) is 10.4. The van der Waals surface area contributed by atoms with E-state index in [1.807, 2.05) is 0 Å². The van der Waals surface area contributed by atoms with Crippen molar-refractivity contribution in [3.63, 3.8) is 0 Å². The van der Waals surface area contributed by atoms with E-state index in [0.717, 1.165) is 5.56 Å². The average Bonchev–Trinajstić information content (AvgIpc) is 2.90. The van der Waals surface area contributed by atoms with Gasteiger partial charge in [0.1, 0.15) is 30.0 Å². The van der Waals surface area contributed by atoms with Crippen molar-refractivity contribution in [3.05, 3.63) is 81.0 Å². The molecule has 0 aromatic heterocycles. The summed E-state index contributed by atoms with van der Waals surface area (Å²) in [6.45, 7) is 1.11. The Hall–Kier alpha value is -4.19. The molecule has 11 nitrogen and oxygen atoms in total. The Morgan fingerprint density at radius 3 is 2.46 bits per heavy atom. The fourth-order valence-electron chi connectivity index (χ4n) is 3.74. The third-order valence-corrected chi connectivity index (χ3v) is 7.00. The highest BCUT2D eigenvalue weighted by Crippen LogP contribution is 2.42. The van der Waals surface area contributed by atoms with Gasteiger partial charge in [0.2, 0.25) is 0 Å². The second kappa shape index (κ2) is 11.2. The molecule has 1 amide bonds. The highest BCUT2D eigenvalue weighted by Gasteiger charge is 2.53. The van der Waals surface area contributed by atoms with Crippen molar-refractivity contribution in [2.45, 2.75) is 24.9 Å². The quantitative estimate of drug-likeness (QED) is 0.159. The Morgan fingerprint density at radius 1 is 1.14 bits per heavy atom. The van der Waals surface area contributed by atoms with Crippen LogP contribution in [0.4, 0.5) is 5.69 Å². The van der Waals surface area contributed by atoms with Gasteiger partial charge in [-0.1, -0.05) is 12.1 Å². The van der Waals surface area contributed by atoms with E-state index < -0.39 is 34.2 Å². The lowest BCUT2D eigenvalue weighted by Crippen LogP contribution is -2.64. The summed E-state index contributed by atoms with van der Waals surface area (Å²) >= 11 is 1.40. The van der Waals surface area contributed by atoms with Crippen molar-refractivity contribution in [2.24, 2.45) is 4.99 Å². The van der Waals surface area contributed by atoms with Gasteiger partial charge < -0.3 is 14.2 Å². The molecule has 12 heteroatoms. The molecule has 0 saturated carbocycles. The molecule has 0 spiro atoms. The van der Waals surface area contributed by atoms with E-state index in [2.05, 4.69) is 4.99 Å². The first-order chi connectivity index (χ1) is 17.8. The lowest BCUT2D eigenvalue weighted by atomic mass is 10.0. The van der Waals surface area contributed by atoms with Gasteiger partial charge in [0, 0.05) is 36.6 Å². The summed E-state index contributed by atoms with van der Waals surface area (Å²) in [5.41, 5.74) is 1.82. The Kier molecular flexibility index (Phi) is 7.87. The van der Waals surface area contributed by atoms with Gasteiger partial charge in [-0.15, -0.1) is 11.8 Å². The van der Waals surface area contributed by atoms with E-state index in [9.17, 15) is 24.5 Å². The molecule has 37 heavy (non-hydrogen) atoms. The van der Waals surface area contributed by atoms with E-state index in [1.165, 1.54) is 54.1 Å². The van der Waals surface area contributed by atoms with Crippen LogP contribution in [-0.2, 0) is 30.5 Å². The zero-order valence-electron chi connectivity index (χ0n) is 20.0. The molecule has 0 aliphatic carbocycles. The Bertz CT molecular complexity index is 1270. The molecule has 2 aliphatic heterocycles. The number of hydrogen-bond acceptors (Lipinski definition) is 10. The van der Waals surface area contributed by atoms with Crippen LogP contribution >= 0.6 is 11.8 Å². The minimum absolute atomic E-state index is 0.0191. The largest absolute Gasteiger partial charge is 0.497 e. The zero-order chi connectivity index (χ0) is 26.5. The molecule has 2 aliphatic rings.